The number of piperidine rings is 1. The largest absolute Gasteiger partial charge is 0.371 e. The van der Waals surface area contributed by atoms with Crippen molar-refractivity contribution in [1.29, 1.82) is 0 Å². The molecule has 114 valence electrons. The van der Waals surface area contributed by atoms with Crippen LogP contribution in [0.25, 0.3) is 0 Å². The Balaban J connectivity index is 1.56. The Morgan fingerprint density at radius 1 is 1.18 bits per heavy atom. The first-order valence-corrected chi connectivity index (χ1v) is 7.44. The Hall–Kier alpha value is -2.43. The minimum atomic E-state index is -0.342. The van der Waals surface area contributed by atoms with Crippen LogP contribution < -0.4 is 10.2 Å². The van der Waals surface area contributed by atoms with E-state index in [0.29, 0.717) is 5.69 Å². The summed E-state index contributed by atoms with van der Waals surface area (Å²) < 4.78 is 13.1. The van der Waals surface area contributed by atoms with Crippen LogP contribution in [0.1, 0.15) is 12.8 Å². The highest BCUT2D eigenvalue weighted by Gasteiger charge is 2.25. The third-order valence-corrected chi connectivity index (χ3v) is 3.99. The summed E-state index contributed by atoms with van der Waals surface area (Å²) in [6.07, 6.45) is 5.14. The van der Waals surface area contributed by atoms with E-state index in [9.17, 15) is 9.18 Å². The Morgan fingerprint density at radius 3 is 2.59 bits per heavy atom. The van der Waals surface area contributed by atoms with Crippen LogP contribution in [0.4, 0.5) is 15.8 Å². The highest BCUT2D eigenvalue weighted by atomic mass is 19.1. The molecule has 1 aromatic carbocycles. The van der Waals surface area contributed by atoms with Gasteiger partial charge in [0.05, 0.1) is 0 Å². The number of hydrogen-bond acceptors (Lipinski definition) is 3. The predicted molar refractivity (Wildman–Crippen MR) is 84.2 cm³/mol. The minimum absolute atomic E-state index is 0.0265. The Bertz CT molecular complexity index is 639. The first-order valence-electron chi connectivity index (χ1n) is 7.44. The monoisotopic (exact) mass is 299 g/mol. The van der Waals surface area contributed by atoms with Crippen molar-refractivity contribution in [2.75, 3.05) is 23.3 Å². The molecule has 1 fully saturated rings. The number of benzene rings is 1. The lowest BCUT2D eigenvalue weighted by Crippen LogP contribution is -2.38. The number of aromatic nitrogens is 1. The minimum Gasteiger partial charge on any atom is -0.371 e. The maximum atomic E-state index is 13.1. The molecule has 1 aromatic heterocycles. The number of halogens is 1. The highest BCUT2D eigenvalue weighted by molar-refractivity contribution is 5.92. The summed E-state index contributed by atoms with van der Waals surface area (Å²) in [7, 11) is 0. The third-order valence-electron chi connectivity index (χ3n) is 3.99. The summed E-state index contributed by atoms with van der Waals surface area (Å²) in [6, 6.07) is 9.96. The van der Waals surface area contributed by atoms with Crippen molar-refractivity contribution in [3.05, 3.63) is 54.6 Å². The van der Waals surface area contributed by atoms with Crippen LogP contribution in [0.3, 0.4) is 0 Å². The van der Waals surface area contributed by atoms with Gasteiger partial charge in [-0.25, -0.2) is 4.39 Å². The normalized spacial score (nSPS) is 15.6. The van der Waals surface area contributed by atoms with Gasteiger partial charge in [-0.1, -0.05) is 6.07 Å². The van der Waals surface area contributed by atoms with Crippen LogP contribution in [-0.4, -0.2) is 24.0 Å². The average molecular weight is 299 g/mol. The number of rotatable bonds is 3. The zero-order chi connectivity index (χ0) is 15.4. The fourth-order valence-electron chi connectivity index (χ4n) is 2.77. The van der Waals surface area contributed by atoms with Crippen LogP contribution in [-0.2, 0) is 4.79 Å². The van der Waals surface area contributed by atoms with E-state index < -0.39 is 0 Å². The summed E-state index contributed by atoms with van der Waals surface area (Å²) in [5, 5.41) is 2.80. The number of nitrogens with zero attached hydrogens (tertiary/aromatic N) is 2. The molecule has 4 nitrogen and oxygen atoms in total. The van der Waals surface area contributed by atoms with E-state index in [2.05, 4.69) is 15.2 Å². The van der Waals surface area contributed by atoms with Crippen molar-refractivity contribution in [2.24, 2.45) is 5.92 Å². The Morgan fingerprint density at radius 2 is 1.91 bits per heavy atom. The molecule has 1 saturated heterocycles. The van der Waals surface area contributed by atoms with Crippen LogP contribution in [0.2, 0.25) is 0 Å². The van der Waals surface area contributed by atoms with Gasteiger partial charge in [0.2, 0.25) is 5.91 Å². The molecule has 0 spiro atoms. The van der Waals surface area contributed by atoms with Gasteiger partial charge in [0.15, 0.2) is 0 Å². The molecule has 1 N–H and O–H groups in total. The van der Waals surface area contributed by atoms with Crippen molar-refractivity contribution >= 4 is 17.3 Å². The zero-order valence-corrected chi connectivity index (χ0v) is 12.2. The van der Waals surface area contributed by atoms with Gasteiger partial charge in [0.25, 0.3) is 0 Å². The smallest absolute Gasteiger partial charge is 0.227 e. The molecule has 1 aliphatic rings. The van der Waals surface area contributed by atoms with Gasteiger partial charge in [-0.05, 0) is 43.2 Å². The van der Waals surface area contributed by atoms with Crippen LogP contribution in [0.5, 0.6) is 0 Å². The number of hydrogen-bond donors (Lipinski definition) is 1. The molecule has 22 heavy (non-hydrogen) atoms. The van der Waals surface area contributed by atoms with Crippen molar-refractivity contribution in [2.45, 2.75) is 12.8 Å². The molecule has 0 unspecified atom stereocenters. The second-order valence-electron chi connectivity index (χ2n) is 5.47. The number of carbonyl (C=O) groups excluding carboxylic acids is 1. The molecule has 0 radical (unpaired) electrons. The van der Waals surface area contributed by atoms with Crippen molar-refractivity contribution < 1.29 is 9.18 Å². The lowest BCUT2D eigenvalue weighted by atomic mass is 9.95. The standard InChI is InChI=1S/C17H18FN3O/c18-14-2-1-3-15(12-14)20-17(22)13-6-10-21(11-7-13)16-4-8-19-9-5-16/h1-5,8-9,12-13H,6-7,10-11H2,(H,20,22). The van der Waals surface area contributed by atoms with E-state index in [1.54, 1.807) is 24.5 Å². The van der Waals surface area contributed by atoms with E-state index >= 15 is 0 Å². The van der Waals surface area contributed by atoms with Crippen molar-refractivity contribution in [3.8, 4) is 0 Å². The van der Waals surface area contributed by atoms with Gasteiger partial charge in [0, 0.05) is 42.8 Å². The number of amides is 1. The van der Waals surface area contributed by atoms with Gasteiger partial charge >= 0.3 is 0 Å². The second kappa shape index (κ2) is 6.56. The second-order valence-corrected chi connectivity index (χ2v) is 5.47. The van der Waals surface area contributed by atoms with Gasteiger partial charge in [-0.3, -0.25) is 9.78 Å². The van der Waals surface area contributed by atoms with Gasteiger partial charge in [-0.15, -0.1) is 0 Å². The summed E-state index contributed by atoms with van der Waals surface area (Å²) >= 11 is 0. The average Bonchev–Trinajstić information content (AvgIpc) is 2.56. The van der Waals surface area contributed by atoms with Gasteiger partial charge < -0.3 is 10.2 Å². The predicted octanol–water partition coefficient (Wildman–Crippen LogP) is 3.08. The fourth-order valence-corrected chi connectivity index (χ4v) is 2.77. The number of pyridine rings is 1. The summed E-state index contributed by atoms with van der Waals surface area (Å²) in [4.78, 5) is 18.5. The first kappa shape index (κ1) is 14.5. The van der Waals surface area contributed by atoms with E-state index in [1.165, 1.54) is 12.1 Å². The molecular formula is C17H18FN3O. The lowest BCUT2D eigenvalue weighted by molar-refractivity contribution is -0.120. The Labute approximate surface area is 129 Å². The third kappa shape index (κ3) is 3.42. The van der Waals surface area contributed by atoms with Crippen LogP contribution >= 0.6 is 0 Å². The molecule has 5 heteroatoms. The quantitative estimate of drug-likeness (QED) is 0.947. The van der Waals surface area contributed by atoms with Crippen LogP contribution in [0.15, 0.2) is 48.8 Å². The van der Waals surface area contributed by atoms with Crippen molar-refractivity contribution in [1.82, 2.24) is 4.98 Å². The molecular weight excluding hydrogens is 281 g/mol. The molecule has 2 aromatic rings. The Kier molecular flexibility index (Phi) is 4.32. The van der Waals surface area contributed by atoms with Crippen molar-refractivity contribution in [3.63, 3.8) is 0 Å². The SMILES string of the molecule is O=C(Nc1cccc(F)c1)C1CCN(c2ccncc2)CC1. The van der Waals surface area contributed by atoms with Crippen LogP contribution in [0, 0.1) is 11.7 Å². The first-order chi connectivity index (χ1) is 10.7. The van der Waals surface area contributed by atoms with E-state index in [-0.39, 0.29) is 17.6 Å². The summed E-state index contributed by atoms with van der Waals surface area (Å²) in [6.45, 7) is 1.68. The lowest BCUT2D eigenvalue weighted by Gasteiger charge is -2.32. The van der Waals surface area contributed by atoms with E-state index in [0.717, 1.165) is 31.6 Å². The number of anilines is 2. The maximum Gasteiger partial charge on any atom is 0.227 e. The molecule has 1 aliphatic heterocycles. The highest BCUT2D eigenvalue weighted by Crippen LogP contribution is 2.24. The van der Waals surface area contributed by atoms with Gasteiger partial charge in [-0.2, -0.15) is 0 Å². The molecule has 0 atom stereocenters. The van der Waals surface area contributed by atoms with E-state index in [1.807, 2.05) is 12.1 Å². The number of carbonyl (C=O) groups is 1. The molecule has 0 aliphatic carbocycles. The topological polar surface area (TPSA) is 45.2 Å². The summed E-state index contributed by atoms with van der Waals surface area (Å²) in [5.41, 5.74) is 1.65. The summed E-state index contributed by atoms with van der Waals surface area (Å²) in [5.74, 6) is -0.397. The van der Waals surface area contributed by atoms with Gasteiger partial charge in [0.1, 0.15) is 5.82 Å². The molecule has 0 bridgehead atoms. The molecule has 0 saturated carbocycles. The molecule has 3 rings (SSSR count). The molecule has 2 heterocycles. The maximum absolute atomic E-state index is 13.1. The molecule has 1 amide bonds. The fraction of sp³-hybridized carbons (Fsp3) is 0.294. The van der Waals surface area contributed by atoms with E-state index in [4.69, 9.17) is 0 Å². The number of nitrogens with one attached hydrogen (secondary N) is 1. The zero-order valence-electron chi connectivity index (χ0n) is 12.2.